The number of hydrogen-bond donors (Lipinski definition) is 0. The molecule has 0 aliphatic carbocycles. The zero-order valence-corrected chi connectivity index (χ0v) is 20.1. The van der Waals surface area contributed by atoms with Gasteiger partial charge in [0.05, 0.1) is 23.9 Å². The fourth-order valence-electron chi connectivity index (χ4n) is 4.08. The number of hydrogen-bond acceptors (Lipinski definition) is 7. The molecular formula is C23H27ClN4O2S. The lowest BCUT2D eigenvalue weighted by Gasteiger charge is -2.33. The van der Waals surface area contributed by atoms with E-state index in [0.29, 0.717) is 10.8 Å². The number of benzene rings is 1. The summed E-state index contributed by atoms with van der Waals surface area (Å²) in [6, 6.07) is 3.98. The number of piperidine rings is 1. The van der Waals surface area contributed by atoms with Gasteiger partial charge in [-0.3, -0.25) is 0 Å². The van der Waals surface area contributed by atoms with Gasteiger partial charge in [0.1, 0.15) is 11.3 Å². The molecule has 1 fully saturated rings. The second-order valence-electron chi connectivity index (χ2n) is 7.78. The quantitative estimate of drug-likeness (QED) is 0.379. The van der Waals surface area contributed by atoms with Crippen molar-refractivity contribution < 1.29 is 9.47 Å². The third-order valence-electron chi connectivity index (χ3n) is 5.94. The highest BCUT2D eigenvalue weighted by molar-refractivity contribution is 7.98. The minimum atomic E-state index is 0.181. The lowest BCUT2D eigenvalue weighted by molar-refractivity contribution is 0.0892. The van der Waals surface area contributed by atoms with Crippen LogP contribution < -0.4 is 9.64 Å². The van der Waals surface area contributed by atoms with Crippen LogP contribution in [0.25, 0.3) is 22.2 Å². The van der Waals surface area contributed by atoms with E-state index in [2.05, 4.69) is 23.7 Å². The van der Waals surface area contributed by atoms with Crippen molar-refractivity contribution in [3.8, 4) is 17.0 Å². The molecule has 1 saturated heterocycles. The van der Waals surface area contributed by atoms with Crippen LogP contribution in [-0.4, -0.2) is 54.6 Å². The predicted molar refractivity (Wildman–Crippen MR) is 128 cm³/mol. The fraction of sp³-hybridized carbons (Fsp3) is 0.435. The maximum atomic E-state index is 6.77. The van der Waals surface area contributed by atoms with Crippen molar-refractivity contribution in [3.63, 3.8) is 0 Å². The summed E-state index contributed by atoms with van der Waals surface area (Å²) < 4.78 is 11.2. The van der Waals surface area contributed by atoms with E-state index in [-0.39, 0.29) is 6.10 Å². The van der Waals surface area contributed by atoms with E-state index in [1.54, 1.807) is 14.2 Å². The smallest absolute Gasteiger partial charge is 0.187 e. The zero-order valence-electron chi connectivity index (χ0n) is 18.5. The average molecular weight is 459 g/mol. The summed E-state index contributed by atoms with van der Waals surface area (Å²) in [5.41, 5.74) is 4.72. The van der Waals surface area contributed by atoms with Crippen LogP contribution in [0.1, 0.15) is 24.0 Å². The van der Waals surface area contributed by atoms with Crippen LogP contribution >= 0.6 is 23.4 Å². The van der Waals surface area contributed by atoms with Gasteiger partial charge in [-0.25, -0.2) is 15.0 Å². The summed E-state index contributed by atoms with van der Waals surface area (Å²) in [6.07, 6.45) is 6.13. The van der Waals surface area contributed by atoms with E-state index < -0.39 is 0 Å². The third-order valence-corrected chi connectivity index (χ3v) is 6.88. The van der Waals surface area contributed by atoms with Crippen molar-refractivity contribution in [1.82, 2.24) is 15.0 Å². The van der Waals surface area contributed by atoms with Gasteiger partial charge in [-0.2, -0.15) is 0 Å². The van der Waals surface area contributed by atoms with Crippen molar-refractivity contribution in [2.24, 2.45) is 0 Å². The number of rotatable bonds is 5. The Balaban J connectivity index is 1.96. The topological polar surface area (TPSA) is 60.4 Å². The van der Waals surface area contributed by atoms with E-state index in [0.717, 1.165) is 70.2 Å². The number of halogens is 1. The minimum absolute atomic E-state index is 0.181. The minimum Gasteiger partial charge on any atom is -0.495 e. The maximum Gasteiger partial charge on any atom is 0.187 e. The Labute approximate surface area is 192 Å². The van der Waals surface area contributed by atoms with Gasteiger partial charge in [-0.15, -0.1) is 0 Å². The lowest BCUT2D eigenvalue weighted by atomic mass is 9.98. The summed E-state index contributed by atoms with van der Waals surface area (Å²) in [6.45, 7) is 5.82. The lowest BCUT2D eigenvalue weighted by Crippen LogP contribution is -2.40. The number of thioether (sulfide) groups is 1. The summed E-state index contributed by atoms with van der Waals surface area (Å²) >= 11 is 8.30. The summed E-state index contributed by atoms with van der Waals surface area (Å²) in [7, 11) is 3.40. The summed E-state index contributed by atoms with van der Waals surface area (Å²) in [4.78, 5) is 16.7. The second-order valence-corrected chi connectivity index (χ2v) is 8.93. The third kappa shape index (κ3) is 4.19. The molecule has 1 atom stereocenters. The SMILES string of the molecule is COc1cc(C)c(C)c(-c2cc3cnc(SC)nc3c(N3CCCC(OC)C3)n2)c1Cl. The molecule has 3 aromatic rings. The average Bonchev–Trinajstić information content (AvgIpc) is 2.80. The Morgan fingerprint density at radius 1 is 1.19 bits per heavy atom. The van der Waals surface area contributed by atoms with Crippen molar-refractivity contribution in [2.75, 3.05) is 38.5 Å². The van der Waals surface area contributed by atoms with Gasteiger partial charge < -0.3 is 14.4 Å². The number of methoxy groups -OCH3 is 2. The molecule has 6 nitrogen and oxygen atoms in total. The van der Waals surface area contributed by atoms with E-state index in [1.165, 1.54) is 11.8 Å². The molecule has 1 unspecified atom stereocenters. The van der Waals surface area contributed by atoms with E-state index >= 15 is 0 Å². The Hall–Kier alpha value is -2.09. The molecule has 0 bridgehead atoms. The van der Waals surface area contributed by atoms with E-state index in [9.17, 15) is 0 Å². The number of pyridine rings is 1. The molecule has 3 heterocycles. The van der Waals surface area contributed by atoms with E-state index in [4.69, 9.17) is 31.0 Å². The molecule has 0 spiro atoms. The molecule has 1 aliphatic heterocycles. The molecule has 1 aliphatic rings. The van der Waals surface area contributed by atoms with Gasteiger partial charge in [0.25, 0.3) is 0 Å². The van der Waals surface area contributed by atoms with Crippen LogP contribution in [0.2, 0.25) is 5.02 Å². The van der Waals surface area contributed by atoms with Crippen molar-refractivity contribution >= 4 is 40.1 Å². The molecule has 2 aromatic heterocycles. The first-order valence-electron chi connectivity index (χ1n) is 10.3. The standard InChI is InChI=1S/C23H27ClN4O2S/c1-13-9-18(30-4)20(24)19(14(13)2)17-10-15-11-25-23(31-5)27-21(15)22(26-17)28-8-6-7-16(12-28)29-3/h9-11,16H,6-8,12H2,1-5H3. The fourth-order valence-corrected chi connectivity index (χ4v) is 4.79. The molecule has 0 saturated carbocycles. The van der Waals surface area contributed by atoms with Gasteiger partial charge in [-0.05, 0) is 56.2 Å². The van der Waals surface area contributed by atoms with Crippen molar-refractivity contribution in [3.05, 3.63) is 34.5 Å². The Bertz CT molecular complexity index is 1120. The highest BCUT2D eigenvalue weighted by atomic mass is 35.5. The number of aromatic nitrogens is 3. The largest absolute Gasteiger partial charge is 0.495 e. The van der Waals surface area contributed by atoms with Crippen LogP contribution in [-0.2, 0) is 4.74 Å². The second kappa shape index (κ2) is 9.18. The molecule has 4 rings (SSSR count). The normalized spacial score (nSPS) is 16.7. The van der Waals surface area contributed by atoms with Gasteiger partial charge >= 0.3 is 0 Å². The first-order chi connectivity index (χ1) is 15.0. The zero-order chi connectivity index (χ0) is 22.1. The van der Waals surface area contributed by atoms with Crippen LogP contribution in [0, 0.1) is 13.8 Å². The number of anilines is 1. The van der Waals surface area contributed by atoms with Crippen LogP contribution in [0.15, 0.2) is 23.5 Å². The molecule has 0 radical (unpaired) electrons. The highest BCUT2D eigenvalue weighted by Gasteiger charge is 2.25. The van der Waals surface area contributed by atoms with Gasteiger partial charge in [0.15, 0.2) is 11.0 Å². The molecule has 31 heavy (non-hydrogen) atoms. The maximum absolute atomic E-state index is 6.77. The molecule has 8 heteroatoms. The molecule has 0 amide bonds. The number of aryl methyl sites for hydroxylation is 1. The number of nitrogens with zero attached hydrogens (tertiary/aromatic N) is 4. The van der Waals surface area contributed by atoms with Gasteiger partial charge in [0, 0.05) is 37.3 Å². The molecule has 164 valence electrons. The first-order valence-corrected chi connectivity index (χ1v) is 11.9. The molecule has 0 N–H and O–H groups in total. The monoisotopic (exact) mass is 458 g/mol. The van der Waals surface area contributed by atoms with Crippen molar-refractivity contribution in [1.29, 1.82) is 0 Å². The summed E-state index contributed by atoms with van der Waals surface area (Å²) in [5.74, 6) is 1.50. The number of fused-ring (bicyclic) bond motifs is 1. The number of ether oxygens (including phenoxy) is 2. The van der Waals surface area contributed by atoms with Crippen LogP contribution in [0.3, 0.4) is 0 Å². The van der Waals surface area contributed by atoms with E-state index in [1.807, 2.05) is 24.6 Å². The van der Waals surface area contributed by atoms with Crippen LogP contribution in [0.5, 0.6) is 5.75 Å². The van der Waals surface area contributed by atoms with Crippen LogP contribution in [0.4, 0.5) is 5.82 Å². The van der Waals surface area contributed by atoms with Gasteiger partial charge in [0.2, 0.25) is 0 Å². The Morgan fingerprint density at radius 2 is 2.00 bits per heavy atom. The predicted octanol–water partition coefficient (Wildman–Crippen LogP) is 5.31. The summed E-state index contributed by atoms with van der Waals surface area (Å²) in [5, 5.41) is 2.24. The molecule has 1 aromatic carbocycles. The van der Waals surface area contributed by atoms with Crippen molar-refractivity contribution in [2.45, 2.75) is 37.9 Å². The Morgan fingerprint density at radius 3 is 2.71 bits per heavy atom. The first kappa shape index (κ1) is 22.1. The van der Waals surface area contributed by atoms with Gasteiger partial charge in [-0.1, -0.05) is 23.4 Å². The Kier molecular flexibility index (Phi) is 6.55. The highest BCUT2D eigenvalue weighted by Crippen LogP contribution is 2.41. The molecular weight excluding hydrogens is 432 g/mol.